The van der Waals surface area contributed by atoms with Crippen LogP contribution in [0.1, 0.15) is 22.3 Å². The molecule has 0 atom stereocenters. The quantitative estimate of drug-likeness (QED) is 0.915. The summed E-state index contributed by atoms with van der Waals surface area (Å²) in [5, 5.41) is 0. The summed E-state index contributed by atoms with van der Waals surface area (Å²) in [5.74, 6) is 0.939. The van der Waals surface area contributed by atoms with E-state index in [9.17, 15) is 0 Å². The number of anilines is 2. The maximum Gasteiger partial charge on any atom is 0.137 e. The van der Waals surface area contributed by atoms with Crippen molar-refractivity contribution in [2.45, 2.75) is 27.3 Å². The minimum atomic E-state index is 0.504. The zero-order chi connectivity index (χ0) is 14.0. The number of rotatable bonds is 3. The number of aromatic nitrogens is 1. The number of pyridine rings is 1. The Labute approximate surface area is 115 Å². The first kappa shape index (κ1) is 13.6. The van der Waals surface area contributed by atoms with Gasteiger partial charge in [-0.2, -0.15) is 0 Å². The lowest BCUT2D eigenvalue weighted by molar-refractivity contribution is 0.989. The number of benzene rings is 1. The lowest BCUT2D eigenvalue weighted by Crippen LogP contribution is -2.17. The highest BCUT2D eigenvalue weighted by atomic mass is 15.2. The van der Waals surface area contributed by atoms with Crippen molar-refractivity contribution in [3.8, 4) is 0 Å². The van der Waals surface area contributed by atoms with E-state index in [0.717, 1.165) is 11.4 Å². The first-order valence-electron chi connectivity index (χ1n) is 6.50. The topological polar surface area (TPSA) is 42.2 Å². The molecule has 0 saturated heterocycles. The van der Waals surface area contributed by atoms with Crippen LogP contribution in [0.2, 0.25) is 0 Å². The Morgan fingerprint density at radius 2 is 1.84 bits per heavy atom. The Morgan fingerprint density at radius 3 is 2.47 bits per heavy atom. The molecule has 0 saturated carbocycles. The zero-order valence-corrected chi connectivity index (χ0v) is 12.1. The molecule has 2 rings (SSSR count). The standard InChI is InChI=1S/C16H21N3/c1-11-5-6-15(13(3)9-11)19(4)16-14(10-17)12(2)7-8-18-16/h5-9H,10,17H2,1-4H3. The van der Waals surface area contributed by atoms with E-state index in [4.69, 9.17) is 5.73 Å². The summed E-state index contributed by atoms with van der Waals surface area (Å²) in [7, 11) is 2.04. The van der Waals surface area contributed by atoms with Gasteiger partial charge in [0.15, 0.2) is 0 Å². The summed E-state index contributed by atoms with van der Waals surface area (Å²) in [6.45, 7) is 6.80. The third kappa shape index (κ3) is 2.61. The number of nitrogens with zero attached hydrogens (tertiary/aromatic N) is 2. The van der Waals surface area contributed by atoms with Gasteiger partial charge in [0.25, 0.3) is 0 Å². The third-order valence-corrected chi connectivity index (χ3v) is 3.50. The van der Waals surface area contributed by atoms with Gasteiger partial charge in [-0.1, -0.05) is 17.7 Å². The highest BCUT2D eigenvalue weighted by Crippen LogP contribution is 2.29. The second kappa shape index (κ2) is 5.41. The van der Waals surface area contributed by atoms with E-state index in [1.54, 1.807) is 0 Å². The highest BCUT2D eigenvalue weighted by Gasteiger charge is 2.13. The normalized spacial score (nSPS) is 10.6. The monoisotopic (exact) mass is 255 g/mol. The van der Waals surface area contributed by atoms with E-state index in [0.29, 0.717) is 6.54 Å². The maximum atomic E-state index is 5.86. The van der Waals surface area contributed by atoms with Crippen molar-refractivity contribution < 1.29 is 0 Å². The molecule has 2 aromatic rings. The van der Waals surface area contributed by atoms with E-state index in [1.165, 1.54) is 22.4 Å². The van der Waals surface area contributed by atoms with Gasteiger partial charge in [-0.05, 0) is 44.0 Å². The van der Waals surface area contributed by atoms with Gasteiger partial charge >= 0.3 is 0 Å². The van der Waals surface area contributed by atoms with Crippen LogP contribution in [0.15, 0.2) is 30.5 Å². The van der Waals surface area contributed by atoms with Crippen LogP contribution >= 0.6 is 0 Å². The lowest BCUT2D eigenvalue weighted by Gasteiger charge is -2.24. The molecule has 1 aromatic heterocycles. The number of aryl methyl sites for hydroxylation is 3. The molecule has 19 heavy (non-hydrogen) atoms. The average molecular weight is 255 g/mol. The van der Waals surface area contributed by atoms with Crippen LogP contribution in [-0.2, 0) is 6.54 Å². The molecule has 2 N–H and O–H groups in total. The molecular weight excluding hydrogens is 234 g/mol. The smallest absolute Gasteiger partial charge is 0.137 e. The Kier molecular flexibility index (Phi) is 3.86. The van der Waals surface area contributed by atoms with Gasteiger partial charge in [0.2, 0.25) is 0 Å². The molecule has 0 unspecified atom stereocenters. The summed E-state index contributed by atoms with van der Waals surface area (Å²) in [5.41, 5.74) is 11.8. The molecule has 0 aliphatic rings. The van der Waals surface area contributed by atoms with Gasteiger partial charge in [-0.25, -0.2) is 4.98 Å². The molecule has 0 spiro atoms. The van der Waals surface area contributed by atoms with Crippen molar-refractivity contribution in [1.29, 1.82) is 0 Å². The van der Waals surface area contributed by atoms with Crippen molar-refractivity contribution in [2.24, 2.45) is 5.73 Å². The minimum Gasteiger partial charge on any atom is -0.329 e. The van der Waals surface area contributed by atoms with Gasteiger partial charge < -0.3 is 10.6 Å². The molecule has 3 heteroatoms. The molecule has 0 aliphatic carbocycles. The van der Waals surface area contributed by atoms with Crippen LogP contribution in [0.25, 0.3) is 0 Å². The molecule has 0 fully saturated rings. The molecule has 0 amide bonds. The van der Waals surface area contributed by atoms with Crippen molar-refractivity contribution in [1.82, 2.24) is 4.98 Å². The van der Waals surface area contributed by atoms with Gasteiger partial charge in [0.1, 0.15) is 5.82 Å². The third-order valence-electron chi connectivity index (χ3n) is 3.50. The number of hydrogen-bond acceptors (Lipinski definition) is 3. The second-order valence-corrected chi connectivity index (χ2v) is 4.98. The van der Waals surface area contributed by atoms with E-state index >= 15 is 0 Å². The average Bonchev–Trinajstić information content (AvgIpc) is 2.37. The predicted molar refractivity (Wildman–Crippen MR) is 80.8 cm³/mol. The number of hydrogen-bond donors (Lipinski definition) is 1. The maximum absolute atomic E-state index is 5.86. The second-order valence-electron chi connectivity index (χ2n) is 4.98. The van der Waals surface area contributed by atoms with Crippen LogP contribution < -0.4 is 10.6 Å². The highest BCUT2D eigenvalue weighted by molar-refractivity contribution is 5.66. The van der Waals surface area contributed by atoms with Gasteiger partial charge in [-0.15, -0.1) is 0 Å². The Morgan fingerprint density at radius 1 is 1.11 bits per heavy atom. The zero-order valence-electron chi connectivity index (χ0n) is 12.1. The van der Waals surface area contributed by atoms with Crippen molar-refractivity contribution in [2.75, 3.05) is 11.9 Å². The van der Waals surface area contributed by atoms with Crippen molar-refractivity contribution in [3.63, 3.8) is 0 Å². The van der Waals surface area contributed by atoms with Crippen molar-refractivity contribution >= 4 is 11.5 Å². The minimum absolute atomic E-state index is 0.504. The summed E-state index contributed by atoms with van der Waals surface area (Å²) in [6, 6.07) is 8.44. The van der Waals surface area contributed by atoms with Crippen molar-refractivity contribution in [3.05, 3.63) is 52.7 Å². The predicted octanol–water partition coefficient (Wildman–Crippen LogP) is 3.23. The Balaban J connectivity index is 2.50. The van der Waals surface area contributed by atoms with Crippen LogP contribution in [0.4, 0.5) is 11.5 Å². The van der Waals surface area contributed by atoms with E-state index in [-0.39, 0.29) is 0 Å². The lowest BCUT2D eigenvalue weighted by atomic mass is 10.1. The van der Waals surface area contributed by atoms with E-state index in [2.05, 4.69) is 48.9 Å². The molecule has 0 bridgehead atoms. The fraction of sp³-hybridized carbons (Fsp3) is 0.312. The fourth-order valence-corrected chi connectivity index (χ4v) is 2.41. The first-order chi connectivity index (χ1) is 9.04. The first-order valence-corrected chi connectivity index (χ1v) is 6.50. The summed E-state index contributed by atoms with van der Waals surface area (Å²) in [4.78, 5) is 6.61. The summed E-state index contributed by atoms with van der Waals surface area (Å²) in [6.07, 6.45) is 1.84. The molecule has 3 nitrogen and oxygen atoms in total. The Hall–Kier alpha value is -1.87. The van der Waals surface area contributed by atoms with E-state index in [1.807, 2.05) is 19.3 Å². The molecular formula is C16H21N3. The van der Waals surface area contributed by atoms with E-state index < -0.39 is 0 Å². The van der Waals surface area contributed by atoms with Crippen LogP contribution in [0.3, 0.4) is 0 Å². The summed E-state index contributed by atoms with van der Waals surface area (Å²) >= 11 is 0. The van der Waals surface area contributed by atoms with Crippen LogP contribution in [0, 0.1) is 20.8 Å². The fourth-order valence-electron chi connectivity index (χ4n) is 2.41. The Bertz CT molecular complexity index is 591. The van der Waals surface area contributed by atoms with Crippen LogP contribution in [0.5, 0.6) is 0 Å². The molecule has 0 radical (unpaired) electrons. The van der Waals surface area contributed by atoms with Crippen LogP contribution in [-0.4, -0.2) is 12.0 Å². The SMILES string of the molecule is Cc1ccc(N(C)c2nccc(C)c2CN)c(C)c1. The number of nitrogens with two attached hydrogens (primary N) is 1. The largest absolute Gasteiger partial charge is 0.329 e. The van der Waals surface area contributed by atoms with Gasteiger partial charge in [0.05, 0.1) is 0 Å². The molecule has 1 heterocycles. The van der Waals surface area contributed by atoms with Gasteiger partial charge in [-0.3, -0.25) is 0 Å². The molecule has 100 valence electrons. The molecule has 0 aliphatic heterocycles. The molecule has 1 aromatic carbocycles. The van der Waals surface area contributed by atoms with Gasteiger partial charge in [0, 0.05) is 31.0 Å². The summed E-state index contributed by atoms with van der Waals surface area (Å²) < 4.78 is 0.